The molecule has 2 atom stereocenters. The second-order valence-electron chi connectivity index (χ2n) is 6.40. The standard InChI is InChI=1S/C19H18F2N4.ClH/c20-17-7-6-14(8-18(17)21)16-9-19(16)22-10-15-12-25(24-23-15)11-13-4-2-1-3-5-13;/h1-8,12,16,19,22H,9-11H2;1H/t16-,19+;/m0./s1. The van der Waals surface area contributed by atoms with Crippen molar-refractivity contribution >= 4 is 12.4 Å². The minimum Gasteiger partial charge on any atom is -0.308 e. The Balaban J connectivity index is 0.00000196. The van der Waals surface area contributed by atoms with Gasteiger partial charge in [-0.1, -0.05) is 41.6 Å². The van der Waals surface area contributed by atoms with Gasteiger partial charge in [0.1, 0.15) is 0 Å². The Kier molecular flexibility index (Phi) is 5.64. The molecular weight excluding hydrogens is 358 g/mol. The van der Waals surface area contributed by atoms with Crippen molar-refractivity contribution in [3.8, 4) is 0 Å². The van der Waals surface area contributed by atoms with E-state index in [-0.39, 0.29) is 24.4 Å². The second kappa shape index (κ2) is 7.93. The Labute approximate surface area is 156 Å². The number of nitrogens with one attached hydrogen (secondary N) is 1. The summed E-state index contributed by atoms with van der Waals surface area (Å²) in [6.07, 6.45) is 2.85. The van der Waals surface area contributed by atoms with Crippen LogP contribution < -0.4 is 5.32 Å². The third-order valence-electron chi connectivity index (χ3n) is 4.48. The highest BCUT2D eigenvalue weighted by atomic mass is 35.5. The van der Waals surface area contributed by atoms with Gasteiger partial charge in [-0.2, -0.15) is 0 Å². The summed E-state index contributed by atoms with van der Waals surface area (Å²) in [7, 11) is 0. The lowest BCUT2D eigenvalue weighted by atomic mass is 10.1. The maximum absolute atomic E-state index is 13.3. The van der Waals surface area contributed by atoms with Crippen LogP contribution in [0.4, 0.5) is 8.78 Å². The van der Waals surface area contributed by atoms with Crippen molar-refractivity contribution < 1.29 is 8.78 Å². The van der Waals surface area contributed by atoms with Crippen LogP contribution >= 0.6 is 12.4 Å². The van der Waals surface area contributed by atoms with E-state index in [4.69, 9.17) is 0 Å². The van der Waals surface area contributed by atoms with Crippen molar-refractivity contribution in [1.82, 2.24) is 20.3 Å². The van der Waals surface area contributed by atoms with E-state index >= 15 is 0 Å². The highest BCUT2D eigenvalue weighted by molar-refractivity contribution is 5.85. The Hall–Kier alpha value is -2.31. The molecule has 0 unspecified atom stereocenters. The normalized spacial score (nSPS) is 18.4. The van der Waals surface area contributed by atoms with Gasteiger partial charge in [0.15, 0.2) is 11.6 Å². The first-order valence-electron chi connectivity index (χ1n) is 8.30. The van der Waals surface area contributed by atoms with E-state index in [1.54, 1.807) is 6.07 Å². The summed E-state index contributed by atoms with van der Waals surface area (Å²) in [6, 6.07) is 14.5. The van der Waals surface area contributed by atoms with E-state index in [1.807, 2.05) is 29.1 Å². The first-order valence-corrected chi connectivity index (χ1v) is 8.30. The van der Waals surface area contributed by atoms with Gasteiger partial charge in [0.2, 0.25) is 0 Å². The van der Waals surface area contributed by atoms with Gasteiger partial charge in [-0.25, -0.2) is 13.5 Å². The van der Waals surface area contributed by atoms with Crippen LogP contribution in [0.25, 0.3) is 0 Å². The molecule has 1 fully saturated rings. The van der Waals surface area contributed by atoms with Crippen LogP contribution in [0.2, 0.25) is 0 Å². The van der Waals surface area contributed by atoms with Gasteiger partial charge in [0.05, 0.1) is 18.4 Å². The van der Waals surface area contributed by atoms with Gasteiger partial charge in [0, 0.05) is 18.5 Å². The topological polar surface area (TPSA) is 42.7 Å². The highest BCUT2D eigenvalue weighted by Crippen LogP contribution is 2.41. The van der Waals surface area contributed by atoms with Crippen molar-refractivity contribution in [1.29, 1.82) is 0 Å². The SMILES string of the molecule is Cl.Fc1ccc([C@@H]2C[C@H]2NCc2cn(Cc3ccccc3)nn2)cc1F. The zero-order chi connectivity index (χ0) is 17.2. The Bertz CT molecular complexity index is 869. The summed E-state index contributed by atoms with van der Waals surface area (Å²) in [6.45, 7) is 1.30. The molecule has 4 nitrogen and oxygen atoms in total. The number of rotatable bonds is 6. The molecule has 1 saturated carbocycles. The van der Waals surface area contributed by atoms with Gasteiger partial charge < -0.3 is 5.32 Å². The summed E-state index contributed by atoms with van der Waals surface area (Å²) in [5.74, 6) is -1.36. The van der Waals surface area contributed by atoms with E-state index < -0.39 is 11.6 Å². The molecule has 1 aromatic heterocycles. The number of nitrogens with zero attached hydrogens (tertiary/aromatic N) is 3. The lowest BCUT2D eigenvalue weighted by Crippen LogP contribution is -2.17. The quantitative estimate of drug-likeness (QED) is 0.713. The van der Waals surface area contributed by atoms with Gasteiger partial charge in [0.25, 0.3) is 0 Å². The van der Waals surface area contributed by atoms with E-state index in [0.29, 0.717) is 13.1 Å². The molecule has 0 aliphatic heterocycles. The van der Waals surface area contributed by atoms with E-state index in [2.05, 4.69) is 27.8 Å². The molecule has 1 aliphatic rings. The van der Waals surface area contributed by atoms with Crippen molar-refractivity contribution in [3.05, 3.63) is 83.2 Å². The van der Waals surface area contributed by atoms with Crippen LogP contribution in [0, 0.1) is 11.6 Å². The van der Waals surface area contributed by atoms with Crippen LogP contribution in [0.1, 0.15) is 29.2 Å². The monoisotopic (exact) mass is 376 g/mol. The van der Waals surface area contributed by atoms with Crippen LogP contribution in [-0.4, -0.2) is 21.0 Å². The molecular formula is C19H19ClF2N4. The maximum atomic E-state index is 13.3. The average molecular weight is 377 g/mol. The first-order chi connectivity index (χ1) is 12.2. The molecule has 26 heavy (non-hydrogen) atoms. The van der Waals surface area contributed by atoms with E-state index in [1.165, 1.54) is 17.7 Å². The summed E-state index contributed by atoms with van der Waals surface area (Å²) in [4.78, 5) is 0. The van der Waals surface area contributed by atoms with Crippen LogP contribution in [0.5, 0.6) is 0 Å². The largest absolute Gasteiger partial charge is 0.308 e. The second-order valence-corrected chi connectivity index (χ2v) is 6.40. The molecule has 0 saturated heterocycles. The molecule has 0 radical (unpaired) electrons. The molecule has 0 amide bonds. The van der Waals surface area contributed by atoms with Gasteiger partial charge in [-0.05, 0) is 29.7 Å². The maximum Gasteiger partial charge on any atom is 0.159 e. The summed E-state index contributed by atoms with van der Waals surface area (Å²) < 4.78 is 28.1. The Morgan fingerprint density at radius 3 is 2.65 bits per heavy atom. The molecule has 7 heteroatoms. The molecule has 136 valence electrons. The molecule has 3 aromatic rings. The predicted molar refractivity (Wildman–Crippen MR) is 97.2 cm³/mol. The minimum absolute atomic E-state index is 0. The lowest BCUT2D eigenvalue weighted by molar-refractivity contribution is 0.506. The molecule has 2 aromatic carbocycles. The summed E-state index contributed by atoms with van der Waals surface area (Å²) >= 11 is 0. The fourth-order valence-corrected chi connectivity index (χ4v) is 3.03. The van der Waals surface area contributed by atoms with E-state index in [0.717, 1.165) is 17.7 Å². The Morgan fingerprint density at radius 1 is 1.08 bits per heavy atom. The smallest absolute Gasteiger partial charge is 0.159 e. The molecule has 4 rings (SSSR count). The fourth-order valence-electron chi connectivity index (χ4n) is 3.03. The van der Waals surface area contributed by atoms with Crippen molar-refractivity contribution in [3.63, 3.8) is 0 Å². The number of aromatic nitrogens is 3. The first kappa shape index (κ1) is 18.5. The summed E-state index contributed by atoms with van der Waals surface area (Å²) in [5.41, 5.74) is 2.88. The lowest BCUT2D eigenvalue weighted by Gasteiger charge is -2.03. The molecule has 1 N–H and O–H groups in total. The van der Waals surface area contributed by atoms with Crippen molar-refractivity contribution in [2.24, 2.45) is 0 Å². The molecule has 0 spiro atoms. The van der Waals surface area contributed by atoms with Gasteiger partial charge in [-0.3, -0.25) is 0 Å². The number of hydrogen-bond donors (Lipinski definition) is 1. The zero-order valence-electron chi connectivity index (χ0n) is 14.0. The zero-order valence-corrected chi connectivity index (χ0v) is 14.8. The highest BCUT2D eigenvalue weighted by Gasteiger charge is 2.38. The minimum atomic E-state index is -0.802. The third kappa shape index (κ3) is 4.26. The number of halogens is 3. The summed E-state index contributed by atoms with van der Waals surface area (Å²) in [5, 5.41) is 11.7. The van der Waals surface area contributed by atoms with E-state index in [9.17, 15) is 8.78 Å². The molecule has 0 bridgehead atoms. The van der Waals surface area contributed by atoms with Gasteiger partial charge in [-0.15, -0.1) is 17.5 Å². The number of hydrogen-bond acceptors (Lipinski definition) is 3. The Morgan fingerprint density at radius 2 is 1.88 bits per heavy atom. The number of benzene rings is 2. The van der Waals surface area contributed by atoms with Crippen molar-refractivity contribution in [2.75, 3.05) is 0 Å². The molecule has 1 aliphatic carbocycles. The van der Waals surface area contributed by atoms with Crippen LogP contribution in [0.3, 0.4) is 0 Å². The fraction of sp³-hybridized carbons (Fsp3) is 0.263. The average Bonchev–Trinajstić information content (AvgIpc) is 3.27. The predicted octanol–water partition coefficient (Wildman–Crippen LogP) is 3.67. The van der Waals surface area contributed by atoms with Crippen LogP contribution in [-0.2, 0) is 13.1 Å². The van der Waals surface area contributed by atoms with Crippen molar-refractivity contribution in [2.45, 2.75) is 31.5 Å². The third-order valence-corrected chi connectivity index (χ3v) is 4.48. The van der Waals surface area contributed by atoms with Crippen LogP contribution in [0.15, 0.2) is 54.7 Å². The van der Waals surface area contributed by atoms with Gasteiger partial charge >= 0.3 is 0 Å². The molecule has 1 heterocycles.